The van der Waals surface area contributed by atoms with Crippen molar-refractivity contribution in [2.24, 2.45) is 0 Å². The Bertz CT molecular complexity index is 432. The van der Waals surface area contributed by atoms with E-state index < -0.39 is 0 Å². The SMILES string of the molecule is C[C@H](C#N)c1cc(C(C)(C)C)cc(C(C)(C)C)c1. The van der Waals surface area contributed by atoms with E-state index >= 15 is 0 Å². The van der Waals surface area contributed by atoms with Gasteiger partial charge in [-0.1, -0.05) is 59.7 Å². The first-order valence-corrected chi connectivity index (χ1v) is 6.61. The van der Waals surface area contributed by atoms with Crippen LogP contribution in [0, 0.1) is 11.3 Å². The Hall–Kier alpha value is -1.29. The molecule has 0 amide bonds. The standard InChI is InChI=1S/C17H25N/c1-12(11-18)13-8-14(16(2,3)4)10-15(9-13)17(5,6)7/h8-10,12H,1-7H3/t12-/m1/s1. The molecule has 1 rings (SSSR count). The van der Waals surface area contributed by atoms with E-state index in [4.69, 9.17) is 5.26 Å². The van der Waals surface area contributed by atoms with Crippen molar-refractivity contribution in [1.29, 1.82) is 5.26 Å². The van der Waals surface area contributed by atoms with Crippen LogP contribution in [-0.4, -0.2) is 0 Å². The van der Waals surface area contributed by atoms with Gasteiger partial charge in [0.05, 0.1) is 12.0 Å². The second-order valence-corrected chi connectivity index (χ2v) is 7.19. The Morgan fingerprint density at radius 2 is 1.28 bits per heavy atom. The molecule has 1 nitrogen and oxygen atoms in total. The maximum Gasteiger partial charge on any atom is 0.0700 e. The van der Waals surface area contributed by atoms with E-state index in [0.717, 1.165) is 5.56 Å². The maximum absolute atomic E-state index is 9.13. The van der Waals surface area contributed by atoms with E-state index in [1.54, 1.807) is 0 Å². The van der Waals surface area contributed by atoms with Gasteiger partial charge in [-0.2, -0.15) is 5.26 Å². The maximum atomic E-state index is 9.13. The van der Waals surface area contributed by atoms with E-state index in [1.807, 2.05) is 6.92 Å². The summed E-state index contributed by atoms with van der Waals surface area (Å²) >= 11 is 0. The third-order valence-electron chi connectivity index (χ3n) is 3.38. The molecule has 0 saturated heterocycles. The van der Waals surface area contributed by atoms with Crippen LogP contribution in [0.25, 0.3) is 0 Å². The minimum Gasteiger partial charge on any atom is -0.198 e. The van der Waals surface area contributed by atoms with Gasteiger partial charge < -0.3 is 0 Å². The molecule has 1 heteroatoms. The number of rotatable bonds is 1. The predicted molar refractivity (Wildman–Crippen MR) is 77.9 cm³/mol. The van der Waals surface area contributed by atoms with E-state index in [-0.39, 0.29) is 16.7 Å². The van der Waals surface area contributed by atoms with E-state index in [1.165, 1.54) is 11.1 Å². The molecule has 0 aromatic heterocycles. The number of hydrogen-bond acceptors (Lipinski definition) is 1. The lowest BCUT2D eigenvalue weighted by molar-refractivity contribution is 0.566. The Morgan fingerprint density at radius 1 is 0.889 bits per heavy atom. The zero-order valence-electron chi connectivity index (χ0n) is 12.8. The van der Waals surface area contributed by atoms with Crippen LogP contribution < -0.4 is 0 Å². The van der Waals surface area contributed by atoms with Crippen LogP contribution in [-0.2, 0) is 10.8 Å². The smallest absolute Gasteiger partial charge is 0.0700 e. The monoisotopic (exact) mass is 243 g/mol. The summed E-state index contributed by atoms with van der Waals surface area (Å²) in [5, 5.41) is 9.13. The van der Waals surface area contributed by atoms with Crippen LogP contribution in [0.4, 0.5) is 0 Å². The molecule has 0 aliphatic carbocycles. The molecular weight excluding hydrogens is 218 g/mol. The van der Waals surface area contributed by atoms with Gasteiger partial charge in [-0.3, -0.25) is 0 Å². The van der Waals surface area contributed by atoms with Gasteiger partial charge in [-0.15, -0.1) is 0 Å². The predicted octanol–water partition coefficient (Wildman–Crippen LogP) is 4.91. The van der Waals surface area contributed by atoms with Crippen LogP contribution in [0.15, 0.2) is 18.2 Å². The summed E-state index contributed by atoms with van der Waals surface area (Å²) in [6, 6.07) is 8.99. The lowest BCUT2D eigenvalue weighted by Gasteiger charge is -2.26. The van der Waals surface area contributed by atoms with Gasteiger partial charge in [0.15, 0.2) is 0 Å². The van der Waals surface area contributed by atoms with Crippen LogP contribution in [0.3, 0.4) is 0 Å². The van der Waals surface area contributed by atoms with Gasteiger partial charge in [0.1, 0.15) is 0 Å². The summed E-state index contributed by atoms with van der Waals surface area (Å²) in [6.07, 6.45) is 0. The highest BCUT2D eigenvalue weighted by atomic mass is 14.3. The molecule has 1 atom stereocenters. The van der Waals surface area contributed by atoms with E-state index in [0.29, 0.717) is 0 Å². The molecule has 0 unspecified atom stereocenters. The second-order valence-electron chi connectivity index (χ2n) is 7.19. The first kappa shape index (κ1) is 14.8. The van der Waals surface area contributed by atoms with Crippen LogP contribution in [0.2, 0.25) is 0 Å². The lowest BCUT2D eigenvalue weighted by Crippen LogP contribution is -2.17. The molecular formula is C17H25N. The zero-order chi connectivity index (χ0) is 14.1. The Kier molecular flexibility index (Phi) is 3.91. The van der Waals surface area contributed by atoms with Crippen molar-refractivity contribution >= 4 is 0 Å². The van der Waals surface area contributed by atoms with Crippen molar-refractivity contribution in [3.63, 3.8) is 0 Å². The third kappa shape index (κ3) is 3.35. The van der Waals surface area contributed by atoms with Crippen LogP contribution in [0.1, 0.15) is 71.1 Å². The van der Waals surface area contributed by atoms with Crippen molar-refractivity contribution < 1.29 is 0 Å². The van der Waals surface area contributed by atoms with Crippen molar-refractivity contribution in [3.05, 3.63) is 34.9 Å². The fourth-order valence-corrected chi connectivity index (χ4v) is 1.84. The van der Waals surface area contributed by atoms with Gasteiger partial charge in [0.25, 0.3) is 0 Å². The third-order valence-corrected chi connectivity index (χ3v) is 3.38. The molecule has 0 fully saturated rings. The Morgan fingerprint density at radius 3 is 1.56 bits per heavy atom. The summed E-state index contributed by atoms with van der Waals surface area (Å²) in [5.41, 5.74) is 3.99. The largest absolute Gasteiger partial charge is 0.198 e. The van der Waals surface area contributed by atoms with E-state index in [9.17, 15) is 0 Å². The average Bonchev–Trinajstić information content (AvgIpc) is 2.25. The number of nitriles is 1. The molecule has 98 valence electrons. The molecule has 0 heterocycles. The molecule has 0 saturated carbocycles. The normalized spacial score (nSPS) is 14.1. The Balaban J connectivity index is 3.45. The Labute approximate surface area is 112 Å². The molecule has 0 bridgehead atoms. The highest BCUT2D eigenvalue weighted by molar-refractivity contribution is 5.40. The fourth-order valence-electron chi connectivity index (χ4n) is 1.84. The van der Waals surface area contributed by atoms with Gasteiger partial charge in [0, 0.05) is 0 Å². The fraction of sp³-hybridized carbons (Fsp3) is 0.588. The van der Waals surface area contributed by atoms with E-state index in [2.05, 4.69) is 65.8 Å². The minimum absolute atomic E-state index is 0.0478. The quantitative estimate of drug-likeness (QED) is 0.687. The summed E-state index contributed by atoms with van der Waals surface area (Å²) in [5.74, 6) is -0.0478. The van der Waals surface area contributed by atoms with Gasteiger partial charge in [-0.05, 0) is 34.4 Å². The molecule has 0 spiro atoms. The number of hydrogen-bond donors (Lipinski definition) is 0. The topological polar surface area (TPSA) is 23.8 Å². The number of benzene rings is 1. The summed E-state index contributed by atoms with van der Waals surface area (Å²) in [4.78, 5) is 0. The van der Waals surface area contributed by atoms with Crippen LogP contribution in [0.5, 0.6) is 0 Å². The summed E-state index contributed by atoms with van der Waals surface area (Å²) in [7, 11) is 0. The minimum atomic E-state index is -0.0478. The van der Waals surface area contributed by atoms with Crippen molar-refractivity contribution in [2.45, 2.75) is 65.2 Å². The first-order valence-electron chi connectivity index (χ1n) is 6.61. The van der Waals surface area contributed by atoms with Crippen molar-refractivity contribution in [3.8, 4) is 6.07 Å². The molecule has 1 aromatic rings. The first-order chi connectivity index (χ1) is 8.05. The summed E-state index contributed by atoms with van der Waals surface area (Å²) in [6.45, 7) is 15.3. The van der Waals surface area contributed by atoms with Crippen molar-refractivity contribution in [1.82, 2.24) is 0 Å². The second kappa shape index (κ2) is 4.76. The van der Waals surface area contributed by atoms with Crippen LogP contribution >= 0.6 is 0 Å². The number of nitrogens with zero attached hydrogens (tertiary/aromatic N) is 1. The van der Waals surface area contributed by atoms with Gasteiger partial charge in [-0.25, -0.2) is 0 Å². The summed E-state index contributed by atoms with van der Waals surface area (Å²) < 4.78 is 0. The highest BCUT2D eigenvalue weighted by Gasteiger charge is 2.21. The molecule has 0 aliphatic heterocycles. The molecule has 18 heavy (non-hydrogen) atoms. The van der Waals surface area contributed by atoms with Crippen molar-refractivity contribution in [2.75, 3.05) is 0 Å². The highest BCUT2D eigenvalue weighted by Crippen LogP contribution is 2.32. The lowest BCUT2D eigenvalue weighted by atomic mass is 9.78. The molecule has 0 aliphatic rings. The molecule has 1 aromatic carbocycles. The molecule has 0 N–H and O–H groups in total. The zero-order valence-corrected chi connectivity index (χ0v) is 12.8. The van der Waals surface area contributed by atoms with Gasteiger partial charge in [0.2, 0.25) is 0 Å². The average molecular weight is 243 g/mol. The molecule has 0 radical (unpaired) electrons. The van der Waals surface area contributed by atoms with Gasteiger partial charge >= 0.3 is 0 Å².